The maximum atomic E-state index is 4.33. The van der Waals surface area contributed by atoms with Gasteiger partial charge in [0.1, 0.15) is 5.82 Å². The van der Waals surface area contributed by atoms with Crippen molar-refractivity contribution in [3.05, 3.63) is 22.8 Å². The Hall–Kier alpha value is -0.570. The van der Waals surface area contributed by atoms with E-state index in [9.17, 15) is 0 Å². The molecule has 1 fully saturated rings. The second kappa shape index (κ2) is 3.66. The lowest BCUT2D eigenvalue weighted by Crippen LogP contribution is -2.46. The lowest BCUT2D eigenvalue weighted by molar-refractivity contribution is 0.396. The predicted molar refractivity (Wildman–Crippen MR) is 57.9 cm³/mol. The molecule has 3 heteroatoms. The standard InChI is InChI=1S/C10H13BrN2/c1-2-8-6-13(7-8)10-5-9(11)3-4-12-10/h3-5,8H,2,6-7H2,1H3. The first-order chi connectivity index (χ1) is 6.29. The number of aromatic nitrogens is 1. The SMILES string of the molecule is CCC1CN(c2cc(Br)ccn2)C1. The number of rotatable bonds is 2. The maximum absolute atomic E-state index is 4.33. The zero-order valence-electron chi connectivity index (χ0n) is 7.70. The molecule has 1 aromatic rings. The molecule has 1 aliphatic heterocycles. The van der Waals surface area contributed by atoms with Gasteiger partial charge in [-0.3, -0.25) is 0 Å². The summed E-state index contributed by atoms with van der Waals surface area (Å²) in [5.74, 6) is 1.97. The molecule has 0 saturated carbocycles. The van der Waals surface area contributed by atoms with Crippen molar-refractivity contribution in [1.29, 1.82) is 0 Å². The summed E-state index contributed by atoms with van der Waals surface area (Å²) < 4.78 is 1.11. The third kappa shape index (κ3) is 1.85. The molecule has 1 aliphatic rings. The average molecular weight is 241 g/mol. The van der Waals surface area contributed by atoms with E-state index in [1.54, 1.807) is 0 Å². The highest BCUT2D eigenvalue weighted by Crippen LogP contribution is 2.26. The fraction of sp³-hybridized carbons (Fsp3) is 0.500. The van der Waals surface area contributed by atoms with Crippen LogP contribution in [0.1, 0.15) is 13.3 Å². The number of pyridine rings is 1. The van der Waals surface area contributed by atoms with Gasteiger partial charge in [-0.25, -0.2) is 4.98 Å². The highest BCUT2D eigenvalue weighted by Gasteiger charge is 2.25. The highest BCUT2D eigenvalue weighted by molar-refractivity contribution is 9.10. The Bertz CT molecular complexity index is 295. The molecule has 0 unspecified atom stereocenters. The molecular formula is C10H13BrN2. The van der Waals surface area contributed by atoms with Gasteiger partial charge in [-0.2, -0.15) is 0 Å². The molecule has 1 saturated heterocycles. The van der Waals surface area contributed by atoms with Gasteiger partial charge in [0.2, 0.25) is 0 Å². The predicted octanol–water partition coefficient (Wildman–Crippen LogP) is 2.69. The molecule has 0 atom stereocenters. The van der Waals surface area contributed by atoms with Crippen LogP contribution in [0.15, 0.2) is 22.8 Å². The summed E-state index contributed by atoms with van der Waals surface area (Å²) in [4.78, 5) is 6.64. The quantitative estimate of drug-likeness (QED) is 0.791. The van der Waals surface area contributed by atoms with Crippen molar-refractivity contribution in [3.8, 4) is 0 Å². The van der Waals surface area contributed by atoms with Gasteiger partial charge in [-0.1, -0.05) is 22.9 Å². The fourth-order valence-corrected chi connectivity index (χ4v) is 1.90. The van der Waals surface area contributed by atoms with Crippen molar-refractivity contribution in [2.75, 3.05) is 18.0 Å². The molecule has 0 aromatic carbocycles. The minimum atomic E-state index is 0.876. The van der Waals surface area contributed by atoms with Crippen molar-refractivity contribution >= 4 is 21.7 Å². The van der Waals surface area contributed by atoms with Crippen LogP contribution in [0.5, 0.6) is 0 Å². The first-order valence-electron chi connectivity index (χ1n) is 4.66. The highest BCUT2D eigenvalue weighted by atomic mass is 79.9. The second-order valence-corrected chi connectivity index (χ2v) is 4.43. The smallest absolute Gasteiger partial charge is 0.129 e. The van der Waals surface area contributed by atoms with Crippen LogP contribution in [0, 0.1) is 5.92 Å². The zero-order valence-corrected chi connectivity index (χ0v) is 9.29. The van der Waals surface area contributed by atoms with E-state index in [-0.39, 0.29) is 0 Å². The van der Waals surface area contributed by atoms with Crippen LogP contribution >= 0.6 is 15.9 Å². The van der Waals surface area contributed by atoms with E-state index < -0.39 is 0 Å². The van der Waals surface area contributed by atoms with Gasteiger partial charge in [0, 0.05) is 23.8 Å². The first kappa shape index (κ1) is 9.00. The minimum Gasteiger partial charge on any atom is -0.356 e. The summed E-state index contributed by atoms with van der Waals surface area (Å²) in [6.07, 6.45) is 3.13. The van der Waals surface area contributed by atoms with Gasteiger partial charge >= 0.3 is 0 Å². The number of nitrogens with zero attached hydrogens (tertiary/aromatic N) is 2. The van der Waals surface area contributed by atoms with Gasteiger partial charge in [0.25, 0.3) is 0 Å². The molecule has 0 spiro atoms. The second-order valence-electron chi connectivity index (χ2n) is 3.51. The number of halogens is 1. The Morgan fingerprint density at radius 2 is 2.38 bits per heavy atom. The third-order valence-electron chi connectivity index (χ3n) is 2.57. The monoisotopic (exact) mass is 240 g/mol. The number of anilines is 1. The Morgan fingerprint density at radius 3 is 3.00 bits per heavy atom. The van der Waals surface area contributed by atoms with E-state index in [4.69, 9.17) is 0 Å². The molecule has 0 aliphatic carbocycles. The normalized spacial score (nSPS) is 17.2. The molecule has 1 aromatic heterocycles. The molecule has 2 rings (SSSR count). The Morgan fingerprint density at radius 1 is 1.62 bits per heavy atom. The van der Waals surface area contributed by atoms with E-state index in [0.717, 1.165) is 16.2 Å². The van der Waals surface area contributed by atoms with Crippen molar-refractivity contribution in [3.63, 3.8) is 0 Å². The molecule has 70 valence electrons. The van der Waals surface area contributed by atoms with Crippen LogP contribution in [-0.4, -0.2) is 18.1 Å². The summed E-state index contributed by atoms with van der Waals surface area (Å²) in [6, 6.07) is 4.03. The van der Waals surface area contributed by atoms with E-state index in [2.05, 4.69) is 38.8 Å². The fourth-order valence-electron chi connectivity index (χ4n) is 1.58. The topological polar surface area (TPSA) is 16.1 Å². The summed E-state index contributed by atoms with van der Waals surface area (Å²) in [5.41, 5.74) is 0. The third-order valence-corrected chi connectivity index (χ3v) is 3.06. The van der Waals surface area contributed by atoms with Crippen LogP contribution in [-0.2, 0) is 0 Å². The first-order valence-corrected chi connectivity index (χ1v) is 5.45. The van der Waals surface area contributed by atoms with Crippen molar-refractivity contribution < 1.29 is 0 Å². The zero-order chi connectivity index (χ0) is 9.26. The molecule has 0 bridgehead atoms. The Kier molecular flexibility index (Phi) is 2.54. The van der Waals surface area contributed by atoms with Crippen molar-refractivity contribution in [1.82, 2.24) is 4.98 Å². The molecular weight excluding hydrogens is 228 g/mol. The molecule has 2 nitrogen and oxygen atoms in total. The van der Waals surface area contributed by atoms with Crippen LogP contribution in [0.4, 0.5) is 5.82 Å². The Balaban J connectivity index is 2.03. The molecule has 0 N–H and O–H groups in total. The summed E-state index contributed by atoms with van der Waals surface area (Å²) >= 11 is 3.45. The average Bonchev–Trinajstić information content (AvgIpc) is 2.02. The number of hydrogen-bond donors (Lipinski definition) is 0. The molecule has 2 heterocycles. The van der Waals surface area contributed by atoms with Crippen LogP contribution < -0.4 is 4.90 Å². The summed E-state index contributed by atoms with van der Waals surface area (Å²) in [6.45, 7) is 4.58. The summed E-state index contributed by atoms with van der Waals surface area (Å²) in [7, 11) is 0. The van der Waals surface area contributed by atoms with Crippen LogP contribution in [0.3, 0.4) is 0 Å². The van der Waals surface area contributed by atoms with E-state index in [1.165, 1.54) is 19.5 Å². The summed E-state index contributed by atoms with van der Waals surface area (Å²) in [5, 5.41) is 0. The minimum absolute atomic E-state index is 0.876. The largest absolute Gasteiger partial charge is 0.356 e. The van der Waals surface area contributed by atoms with Gasteiger partial charge in [0.05, 0.1) is 0 Å². The van der Waals surface area contributed by atoms with Crippen LogP contribution in [0.25, 0.3) is 0 Å². The van der Waals surface area contributed by atoms with Gasteiger partial charge in [-0.05, 0) is 24.5 Å². The van der Waals surface area contributed by atoms with Crippen molar-refractivity contribution in [2.45, 2.75) is 13.3 Å². The van der Waals surface area contributed by atoms with E-state index in [0.29, 0.717) is 0 Å². The molecule has 0 amide bonds. The maximum Gasteiger partial charge on any atom is 0.129 e. The van der Waals surface area contributed by atoms with Gasteiger partial charge in [-0.15, -0.1) is 0 Å². The lowest BCUT2D eigenvalue weighted by Gasteiger charge is -2.39. The van der Waals surface area contributed by atoms with Crippen molar-refractivity contribution in [2.24, 2.45) is 5.92 Å². The lowest BCUT2D eigenvalue weighted by atomic mass is 9.97. The van der Waals surface area contributed by atoms with Crippen LogP contribution in [0.2, 0.25) is 0 Å². The molecule has 13 heavy (non-hydrogen) atoms. The van der Waals surface area contributed by atoms with E-state index >= 15 is 0 Å². The van der Waals surface area contributed by atoms with E-state index in [1.807, 2.05) is 12.3 Å². The van der Waals surface area contributed by atoms with Gasteiger partial charge in [0.15, 0.2) is 0 Å². The Labute approximate surface area is 87.1 Å². The van der Waals surface area contributed by atoms with Gasteiger partial charge < -0.3 is 4.90 Å². The molecule has 0 radical (unpaired) electrons. The number of hydrogen-bond acceptors (Lipinski definition) is 2.